The minimum atomic E-state index is 0.276. The van der Waals surface area contributed by atoms with E-state index in [0.29, 0.717) is 17.9 Å². The Morgan fingerprint density at radius 2 is 2.43 bits per heavy atom. The SMILES string of the molecule is CCCC1CC1Nc1nnc(CCl)o1. The zero-order valence-corrected chi connectivity index (χ0v) is 8.92. The Hall–Kier alpha value is -0.770. The van der Waals surface area contributed by atoms with Gasteiger partial charge in [-0.15, -0.1) is 16.7 Å². The van der Waals surface area contributed by atoms with Gasteiger partial charge in [-0.05, 0) is 18.8 Å². The number of nitrogens with zero attached hydrogens (tertiary/aromatic N) is 2. The Bertz CT molecular complexity index is 302. The van der Waals surface area contributed by atoms with Crippen LogP contribution in [0.3, 0.4) is 0 Å². The third-order valence-corrected chi connectivity index (χ3v) is 2.70. The third-order valence-electron chi connectivity index (χ3n) is 2.47. The Kier molecular flexibility index (Phi) is 2.91. The largest absolute Gasteiger partial charge is 0.407 e. The van der Waals surface area contributed by atoms with Crippen molar-refractivity contribution in [2.75, 3.05) is 5.32 Å². The zero-order chi connectivity index (χ0) is 9.97. The predicted octanol–water partition coefficient (Wildman–Crippen LogP) is 2.41. The molecular formula is C9H14ClN3O. The Morgan fingerprint density at radius 3 is 3.07 bits per heavy atom. The molecule has 2 unspecified atom stereocenters. The highest BCUT2D eigenvalue weighted by Crippen LogP contribution is 2.36. The maximum absolute atomic E-state index is 5.55. The summed E-state index contributed by atoms with van der Waals surface area (Å²) in [6.07, 6.45) is 3.72. The van der Waals surface area contributed by atoms with Crippen molar-refractivity contribution in [2.24, 2.45) is 5.92 Å². The second-order valence-electron chi connectivity index (χ2n) is 3.67. The second kappa shape index (κ2) is 4.17. The monoisotopic (exact) mass is 215 g/mol. The average Bonchev–Trinajstić information content (AvgIpc) is 2.76. The van der Waals surface area contributed by atoms with Gasteiger partial charge in [0.05, 0.1) is 0 Å². The lowest BCUT2D eigenvalue weighted by Gasteiger charge is -1.97. The van der Waals surface area contributed by atoms with Crippen LogP contribution < -0.4 is 5.32 Å². The van der Waals surface area contributed by atoms with Gasteiger partial charge in [-0.25, -0.2) is 0 Å². The van der Waals surface area contributed by atoms with E-state index in [-0.39, 0.29) is 5.88 Å². The molecule has 1 aromatic rings. The maximum atomic E-state index is 5.55. The fourth-order valence-corrected chi connectivity index (χ4v) is 1.75. The van der Waals surface area contributed by atoms with Crippen LogP contribution in [0, 0.1) is 5.92 Å². The van der Waals surface area contributed by atoms with Crippen molar-refractivity contribution < 1.29 is 4.42 Å². The molecule has 0 aromatic carbocycles. The van der Waals surface area contributed by atoms with Crippen molar-refractivity contribution in [2.45, 2.75) is 38.1 Å². The van der Waals surface area contributed by atoms with Crippen molar-refractivity contribution in [1.29, 1.82) is 0 Å². The molecule has 1 heterocycles. The van der Waals surface area contributed by atoms with Crippen LogP contribution in [-0.2, 0) is 5.88 Å². The van der Waals surface area contributed by atoms with Gasteiger partial charge >= 0.3 is 6.01 Å². The van der Waals surface area contributed by atoms with Gasteiger partial charge in [0.15, 0.2) is 0 Å². The van der Waals surface area contributed by atoms with Gasteiger partial charge in [-0.3, -0.25) is 0 Å². The first-order chi connectivity index (χ1) is 6.83. The summed E-state index contributed by atoms with van der Waals surface area (Å²) >= 11 is 5.55. The molecule has 1 fully saturated rings. The van der Waals surface area contributed by atoms with Crippen LogP contribution in [0.2, 0.25) is 0 Å². The molecule has 5 heteroatoms. The van der Waals surface area contributed by atoms with E-state index >= 15 is 0 Å². The number of hydrogen-bond donors (Lipinski definition) is 1. The lowest BCUT2D eigenvalue weighted by molar-refractivity contribution is 0.523. The summed E-state index contributed by atoms with van der Waals surface area (Å²) in [5, 5.41) is 10.8. The summed E-state index contributed by atoms with van der Waals surface area (Å²) in [6.45, 7) is 2.20. The van der Waals surface area contributed by atoms with Gasteiger partial charge in [0.2, 0.25) is 5.89 Å². The number of nitrogens with one attached hydrogen (secondary N) is 1. The molecule has 1 saturated carbocycles. The summed E-state index contributed by atoms with van der Waals surface area (Å²) in [5.74, 6) is 1.53. The summed E-state index contributed by atoms with van der Waals surface area (Å²) in [5.41, 5.74) is 0. The van der Waals surface area contributed by atoms with Gasteiger partial charge in [-0.1, -0.05) is 18.4 Å². The summed E-state index contributed by atoms with van der Waals surface area (Å²) in [7, 11) is 0. The van der Waals surface area contributed by atoms with Gasteiger partial charge in [0.25, 0.3) is 0 Å². The van der Waals surface area contributed by atoms with Crippen LogP contribution in [0.4, 0.5) is 6.01 Å². The molecule has 2 rings (SSSR count). The smallest absolute Gasteiger partial charge is 0.315 e. The van der Waals surface area contributed by atoms with Crippen LogP contribution in [0.15, 0.2) is 4.42 Å². The first kappa shape index (κ1) is 9.77. The maximum Gasteiger partial charge on any atom is 0.315 e. The lowest BCUT2D eigenvalue weighted by atomic mass is 10.2. The fourth-order valence-electron chi connectivity index (χ4n) is 1.64. The molecular weight excluding hydrogens is 202 g/mol. The number of aromatic nitrogens is 2. The van der Waals surface area contributed by atoms with E-state index in [9.17, 15) is 0 Å². The number of anilines is 1. The second-order valence-corrected chi connectivity index (χ2v) is 3.94. The summed E-state index contributed by atoms with van der Waals surface area (Å²) in [4.78, 5) is 0. The molecule has 1 aliphatic rings. The number of hydrogen-bond acceptors (Lipinski definition) is 4. The molecule has 1 N–H and O–H groups in total. The molecule has 78 valence electrons. The molecule has 2 atom stereocenters. The first-order valence-electron chi connectivity index (χ1n) is 4.98. The van der Waals surface area contributed by atoms with Crippen molar-refractivity contribution >= 4 is 17.6 Å². The molecule has 0 spiro atoms. The van der Waals surface area contributed by atoms with E-state index in [1.165, 1.54) is 19.3 Å². The van der Waals surface area contributed by atoms with Crippen molar-refractivity contribution in [3.63, 3.8) is 0 Å². The highest BCUT2D eigenvalue weighted by molar-refractivity contribution is 6.16. The van der Waals surface area contributed by atoms with Crippen LogP contribution in [0.1, 0.15) is 32.1 Å². The van der Waals surface area contributed by atoms with E-state index in [2.05, 4.69) is 22.4 Å². The van der Waals surface area contributed by atoms with E-state index in [1.54, 1.807) is 0 Å². The molecule has 0 amide bonds. The average molecular weight is 216 g/mol. The molecule has 0 radical (unpaired) electrons. The van der Waals surface area contributed by atoms with E-state index in [0.717, 1.165) is 5.92 Å². The highest BCUT2D eigenvalue weighted by Gasteiger charge is 2.36. The number of rotatable bonds is 5. The Labute approximate surface area is 88.0 Å². The van der Waals surface area contributed by atoms with Crippen LogP contribution in [0.5, 0.6) is 0 Å². The predicted molar refractivity (Wildman–Crippen MR) is 54.3 cm³/mol. The minimum Gasteiger partial charge on any atom is -0.407 e. The quantitative estimate of drug-likeness (QED) is 0.767. The lowest BCUT2D eigenvalue weighted by Crippen LogP contribution is -2.04. The normalized spacial score (nSPS) is 25.0. The minimum absolute atomic E-state index is 0.276. The van der Waals surface area contributed by atoms with Crippen LogP contribution >= 0.6 is 11.6 Å². The topological polar surface area (TPSA) is 51.0 Å². The molecule has 1 aliphatic carbocycles. The van der Waals surface area contributed by atoms with Gasteiger partial charge < -0.3 is 9.73 Å². The van der Waals surface area contributed by atoms with Gasteiger partial charge in [0, 0.05) is 6.04 Å². The number of halogens is 1. The highest BCUT2D eigenvalue weighted by atomic mass is 35.5. The summed E-state index contributed by atoms with van der Waals surface area (Å²) in [6, 6.07) is 1.03. The Balaban J connectivity index is 1.81. The molecule has 4 nitrogen and oxygen atoms in total. The van der Waals surface area contributed by atoms with Gasteiger partial charge in [-0.2, -0.15) is 0 Å². The van der Waals surface area contributed by atoms with Gasteiger partial charge in [0.1, 0.15) is 5.88 Å². The van der Waals surface area contributed by atoms with E-state index in [4.69, 9.17) is 16.0 Å². The first-order valence-corrected chi connectivity index (χ1v) is 5.51. The fraction of sp³-hybridized carbons (Fsp3) is 0.778. The molecule has 14 heavy (non-hydrogen) atoms. The zero-order valence-electron chi connectivity index (χ0n) is 8.16. The van der Waals surface area contributed by atoms with E-state index < -0.39 is 0 Å². The Morgan fingerprint density at radius 1 is 1.57 bits per heavy atom. The van der Waals surface area contributed by atoms with Crippen LogP contribution in [-0.4, -0.2) is 16.2 Å². The summed E-state index contributed by atoms with van der Waals surface area (Å²) < 4.78 is 5.24. The molecule has 0 aliphatic heterocycles. The molecule has 0 bridgehead atoms. The molecule has 0 saturated heterocycles. The van der Waals surface area contributed by atoms with Crippen LogP contribution in [0.25, 0.3) is 0 Å². The van der Waals surface area contributed by atoms with Crippen molar-refractivity contribution in [3.05, 3.63) is 5.89 Å². The van der Waals surface area contributed by atoms with Crippen molar-refractivity contribution in [3.8, 4) is 0 Å². The third kappa shape index (κ3) is 2.18. The van der Waals surface area contributed by atoms with E-state index in [1.807, 2.05) is 0 Å². The molecule has 1 aromatic heterocycles. The van der Waals surface area contributed by atoms with Crippen molar-refractivity contribution in [1.82, 2.24) is 10.2 Å². The number of alkyl halides is 1. The standard InChI is InChI=1S/C9H14ClN3O/c1-2-3-6-4-7(6)11-9-13-12-8(5-10)14-9/h6-7H,2-5H2,1H3,(H,11,13).